The van der Waals surface area contributed by atoms with Crippen LogP contribution in [0.3, 0.4) is 0 Å². The molecule has 0 aliphatic carbocycles. The number of rotatable bonds is 7. The minimum Gasteiger partial charge on any atom is -0.491 e. The van der Waals surface area contributed by atoms with Crippen molar-refractivity contribution in [2.24, 2.45) is 0 Å². The van der Waals surface area contributed by atoms with Crippen LogP contribution in [0.2, 0.25) is 0 Å². The van der Waals surface area contributed by atoms with E-state index in [9.17, 15) is 0 Å². The fourth-order valence-corrected chi connectivity index (χ4v) is 1.37. The highest BCUT2D eigenvalue weighted by Crippen LogP contribution is 2.14. The molecule has 1 rings (SSSR count). The van der Waals surface area contributed by atoms with Crippen LogP contribution in [0.4, 0.5) is 0 Å². The number of hydrogen-bond acceptors (Lipinski definition) is 3. The first kappa shape index (κ1) is 14.5. The van der Waals surface area contributed by atoms with Crippen LogP contribution < -0.4 is 4.74 Å². The van der Waals surface area contributed by atoms with Gasteiger partial charge in [-0.15, -0.1) is 0 Å². The van der Waals surface area contributed by atoms with Crippen molar-refractivity contribution in [3.05, 3.63) is 29.8 Å². The molecule has 3 nitrogen and oxygen atoms in total. The summed E-state index contributed by atoms with van der Waals surface area (Å²) >= 11 is 0. The fourth-order valence-electron chi connectivity index (χ4n) is 1.37. The van der Waals surface area contributed by atoms with Crippen LogP contribution >= 0.6 is 0 Å². The Balaban J connectivity index is 2.30. The Kier molecular flexibility index (Phi) is 5.67. The molecule has 0 amide bonds. The van der Waals surface area contributed by atoms with Crippen molar-refractivity contribution < 1.29 is 9.47 Å². The van der Waals surface area contributed by atoms with E-state index < -0.39 is 0 Å². The Morgan fingerprint density at radius 3 is 2.39 bits per heavy atom. The molecule has 0 saturated carbocycles. The van der Waals surface area contributed by atoms with Gasteiger partial charge in [0, 0.05) is 0 Å². The van der Waals surface area contributed by atoms with Gasteiger partial charge in [-0.05, 0) is 38.0 Å². The summed E-state index contributed by atoms with van der Waals surface area (Å²) in [5.74, 6) is 0.814. The van der Waals surface area contributed by atoms with E-state index in [1.54, 1.807) is 0 Å². The van der Waals surface area contributed by atoms with Gasteiger partial charge in [0.15, 0.2) is 0 Å². The molecule has 0 fully saturated rings. The van der Waals surface area contributed by atoms with Crippen molar-refractivity contribution in [1.29, 1.82) is 5.26 Å². The average Bonchev–Trinajstić information content (AvgIpc) is 2.37. The largest absolute Gasteiger partial charge is 0.491 e. The average molecular weight is 247 g/mol. The van der Waals surface area contributed by atoms with Gasteiger partial charge in [0.25, 0.3) is 0 Å². The summed E-state index contributed by atoms with van der Waals surface area (Å²) < 4.78 is 11.3. The number of nitriles is 1. The molecule has 0 heterocycles. The van der Waals surface area contributed by atoms with Crippen LogP contribution in [-0.2, 0) is 11.2 Å². The van der Waals surface area contributed by atoms with Crippen LogP contribution in [-0.4, -0.2) is 18.8 Å². The molecule has 3 heteroatoms. The lowest BCUT2D eigenvalue weighted by Gasteiger charge is -2.23. The Hall–Kier alpha value is -1.53. The standard InChI is InChI=1S/C15H21NO2/c1-4-15(2,3)18-12-11-17-14-7-5-13(6-8-14)9-10-16/h5-8H,4,9,11-12H2,1-3H3. The molecular weight excluding hydrogens is 226 g/mol. The molecule has 0 aromatic heterocycles. The smallest absolute Gasteiger partial charge is 0.119 e. The third-order valence-corrected chi connectivity index (χ3v) is 2.90. The van der Waals surface area contributed by atoms with Crippen molar-refractivity contribution in [2.75, 3.05) is 13.2 Å². The van der Waals surface area contributed by atoms with E-state index in [-0.39, 0.29) is 5.60 Å². The van der Waals surface area contributed by atoms with Crippen molar-refractivity contribution in [1.82, 2.24) is 0 Å². The van der Waals surface area contributed by atoms with Crippen LogP contribution in [0, 0.1) is 11.3 Å². The maximum absolute atomic E-state index is 8.56. The SMILES string of the molecule is CCC(C)(C)OCCOc1ccc(CC#N)cc1. The van der Waals surface area contributed by atoms with E-state index in [0.29, 0.717) is 19.6 Å². The Morgan fingerprint density at radius 1 is 1.17 bits per heavy atom. The number of nitrogens with zero attached hydrogens (tertiary/aromatic N) is 1. The minimum absolute atomic E-state index is 0.0833. The highest BCUT2D eigenvalue weighted by atomic mass is 16.5. The summed E-state index contributed by atoms with van der Waals surface area (Å²) in [4.78, 5) is 0. The number of hydrogen-bond donors (Lipinski definition) is 0. The number of ether oxygens (including phenoxy) is 2. The predicted molar refractivity (Wildman–Crippen MR) is 71.6 cm³/mol. The molecule has 0 radical (unpaired) electrons. The molecule has 0 spiro atoms. The molecule has 0 atom stereocenters. The Bertz CT molecular complexity index is 390. The van der Waals surface area contributed by atoms with E-state index in [2.05, 4.69) is 26.8 Å². The zero-order valence-corrected chi connectivity index (χ0v) is 11.4. The Morgan fingerprint density at radius 2 is 1.83 bits per heavy atom. The van der Waals surface area contributed by atoms with Crippen LogP contribution in [0.25, 0.3) is 0 Å². The molecule has 1 aromatic carbocycles. The van der Waals surface area contributed by atoms with Gasteiger partial charge in [0.05, 0.1) is 24.7 Å². The molecule has 0 bridgehead atoms. The van der Waals surface area contributed by atoms with Crippen LogP contribution in [0.15, 0.2) is 24.3 Å². The molecular formula is C15H21NO2. The maximum Gasteiger partial charge on any atom is 0.119 e. The van der Waals surface area contributed by atoms with Crippen LogP contribution in [0.5, 0.6) is 5.75 Å². The predicted octanol–water partition coefficient (Wildman–Crippen LogP) is 3.34. The Labute approximate surface area is 109 Å². The van der Waals surface area contributed by atoms with E-state index in [4.69, 9.17) is 14.7 Å². The molecule has 0 N–H and O–H groups in total. The lowest BCUT2D eigenvalue weighted by Crippen LogP contribution is -2.25. The van der Waals surface area contributed by atoms with Gasteiger partial charge < -0.3 is 9.47 Å². The van der Waals surface area contributed by atoms with E-state index in [1.165, 1.54) is 0 Å². The third-order valence-electron chi connectivity index (χ3n) is 2.90. The first-order valence-corrected chi connectivity index (χ1v) is 6.30. The van der Waals surface area contributed by atoms with Gasteiger partial charge in [-0.2, -0.15) is 5.26 Å². The van der Waals surface area contributed by atoms with Crippen molar-refractivity contribution in [3.63, 3.8) is 0 Å². The summed E-state index contributed by atoms with van der Waals surface area (Å²) in [6.45, 7) is 7.38. The molecule has 0 aliphatic heterocycles. The van der Waals surface area contributed by atoms with Gasteiger partial charge in [-0.25, -0.2) is 0 Å². The molecule has 0 saturated heterocycles. The summed E-state index contributed by atoms with van der Waals surface area (Å²) in [6, 6.07) is 9.72. The first-order chi connectivity index (χ1) is 8.57. The van der Waals surface area contributed by atoms with Crippen LogP contribution in [0.1, 0.15) is 32.8 Å². The van der Waals surface area contributed by atoms with Crippen molar-refractivity contribution in [2.45, 2.75) is 39.2 Å². The van der Waals surface area contributed by atoms with Crippen molar-refractivity contribution >= 4 is 0 Å². The minimum atomic E-state index is -0.0833. The summed E-state index contributed by atoms with van der Waals surface area (Å²) in [6.07, 6.45) is 1.42. The molecule has 98 valence electrons. The fraction of sp³-hybridized carbons (Fsp3) is 0.533. The van der Waals surface area contributed by atoms with Crippen molar-refractivity contribution in [3.8, 4) is 11.8 Å². The lowest BCUT2D eigenvalue weighted by molar-refractivity contribution is -0.0317. The van der Waals surface area contributed by atoms with Gasteiger partial charge in [-0.1, -0.05) is 19.1 Å². The second-order valence-corrected chi connectivity index (χ2v) is 4.79. The van der Waals surface area contributed by atoms with E-state index in [1.807, 2.05) is 24.3 Å². The molecule has 1 aromatic rings. The zero-order valence-electron chi connectivity index (χ0n) is 11.4. The zero-order chi connectivity index (χ0) is 13.4. The summed E-state index contributed by atoms with van der Waals surface area (Å²) in [5.41, 5.74) is 0.924. The van der Waals surface area contributed by atoms with E-state index in [0.717, 1.165) is 17.7 Å². The topological polar surface area (TPSA) is 42.2 Å². The quantitative estimate of drug-likeness (QED) is 0.694. The normalized spacial score (nSPS) is 11.0. The highest BCUT2D eigenvalue weighted by Gasteiger charge is 2.14. The summed E-state index contributed by atoms with van der Waals surface area (Å²) in [5, 5.41) is 8.56. The summed E-state index contributed by atoms with van der Waals surface area (Å²) in [7, 11) is 0. The third kappa shape index (κ3) is 5.20. The van der Waals surface area contributed by atoms with E-state index >= 15 is 0 Å². The number of benzene rings is 1. The van der Waals surface area contributed by atoms with Gasteiger partial charge in [0.2, 0.25) is 0 Å². The molecule has 0 aliphatic rings. The molecule has 18 heavy (non-hydrogen) atoms. The lowest BCUT2D eigenvalue weighted by atomic mass is 10.1. The van der Waals surface area contributed by atoms with Gasteiger partial charge in [-0.3, -0.25) is 0 Å². The van der Waals surface area contributed by atoms with Gasteiger partial charge >= 0.3 is 0 Å². The first-order valence-electron chi connectivity index (χ1n) is 6.30. The monoisotopic (exact) mass is 247 g/mol. The van der Waals surface area contributed by atoms with Gasteiger partial charge in [0.1, 0.15) is 12.4 Å². The molecule has 0 unspecified atom stereocenters. The second-order valence-electron chi connectivity index (χ2n) is 4.79. The highest BCUT2D eigenvalue weighted by molar-refractivity contribution is 5.28. The maximum atomic E-state index is 8.56. The second kappa shape index (κ2) is 7.03.